The van der Waals surface area contributed by atoms with E-state index in [4.69, 9.17) is 39.5 Å². The van der Waals surface area contributed by atoms with Gasteiger partial charge in [0.2, 0.25) is 0 Å². The van der Waals surface area contributed by atoms with Gasteiger partial charge in [0.05, 0.1) is 20.7 Å². The molecule has 0 aliphatic carbocycles. The first kappa shape index (κ1) is 22.0. The van der Waals surface area contributed by atoms with Crippen molar-refractivity contribution in [2.24, 2.45) is 0 Å². The van der Waals surface area contributed by atoms with Crippen LogP contribution in [0.15, 0.2) is 53.3 Å². The number of amides is 1. The highest BCUT2D eigenvalue weighted by Crippen LogP contribution is 2.36. The average Bonchev–Trinajstić information content (AvgIpc) is 3.09. The zero-order chi connectivity index (χ0) is 20.8. The van der Waals surface area contributed by atoms with Crippen molar-refractivity contribution in [3.63, 3.8) is 0 Å². The van der Waals surface area contributed by atoms with Gasteiger partial charge in [-0.05, 0) is 52.2 Å². The number of benzene rings is 2. The van der Waals surface area contributed by atoms with Gasteiger partial charge in [-0.1, -0.05) is 46.9 Å². The van der Waals surface area contributed by atoms with Gasteiger partial charge in [-0.25, -0.2) is 0 Å². The monoisotopic (exact) mass is 515 g/mol. The Morgan fingerprint density at radius 2 is 1.93 bits per heavy atom. The molecule has 0 saturated heterocycles. The number of nitrogens with one attached hydrogen (secondary N) is 1. The lowest BCUT2D eigenvalue weighted by Crippen LogP contribution is -2.25. The van der Waals surface area contributed by atoms with Gasteiger partial charge >= 0.3 is 0 Å². The maximum absolute atomic E-state index is 12.4. The topological polar surface area (TPSA) is 56.2 Å². The molecule has 29 heavy (non-hydrogen) atoms. The average molecular weight is 518 g/mol. The summed E-state index contributed by atoms with van der Waals surface area (Å²) in [5, 5.41) is 8.20. The Kier molecular flexibility index (Phi) is 7.84. The van der Waals surface area contributed by atoms with E-state index in [0.29, 0.717) is 32.9 Å². The zero-order valence-corrected chi connectivity index (χ0v) is 19.0. The highest BCUT2D eigenvalue weighted by Gasteiger charge is 2.11. The Morgan fingerprint density at radius 1 is 1.17 bits per heavy atom. The molecule has 5 nitrogen and oxygen atoms in total. The second kappa shape index (κ2) is 10.3. The molecular weight excluding hydrogens is 501 g/mol. The van der Waals surface area contributed by atoms with E-state index in [1.165, 1.54) is 0 Å². The molecule has 9 heteroatoms. The zero-order valence-electron chi connectivity index (χ0n) is 15.2. The van der Waals surface area contributed by atoms with E-state index >= 15 is 0 Å². The van der Waals surface area contributed by atoms with Crippen molar-refractivity contribution in [1.29, 1.82) is 0 Å². The fourth-order valence-electron chi connectivity index (χ4n) is 2.63. The number of aromatic nitrogens is 2. The summed E-state index contributed by atoms with van der Waals surface area (Å²) in [6.07, 6.45) is 4.40. The van der Waals surface area contributed by atoms with Crippen molar-refractivity contribution in [3.05, 3.63) is 79.5 Å². The van der Waals surface area contributed by atoms with Crippen molar-refractivity contribution in [1.82, 2.24) is 15.1 Å². The van der Waals surface area contributed by atoms with E-state index in [0.717, 1.165) is 23.0 Å². The fourth-order valence-corrected chi connectivity index (χ4v) is 3.88. The molecule has 3 aromatic rings. The minimum atomic E-state index is -0.143. The lowest BCUT2D eigenvalue weighted by Gasteiger charge is -2.11. The van der Waals surface area contributed by atoms with Crippen LogP contribution in [0.3, 0.4) is 0 Å². The van der Waals surface area contributed by atoms with Crippen LogP contribution < -0.4 is 10.1 Å². The van der Waals surface area contributed by atoms with Gasteiger partial charge in [-0.15, -0.1) is 0 Å². The molecular formula is C20H17BrCl3N3O2. The molecule has 0 saturated carbocycles. The number of hydrogen-bond acceptors (Lipinski definition) is 3. The first-order valence-electron chi connectivity index (χ1n) is 8.75. The number of carbonyl (C=O) groups excluding carboxylic acids is 1. The summed E-state index contributed by atoms with van der Waals surface area (Å²) in [6, 6.07) is 10.3. The second-order valence-electron chi connectivity index (χ2n) is 6.22. The quantitative estimate of drug-likeness (QED) is 0.373. The van der Waals surface area contributed by atoms with Gasteiger partial charge < -0.3 is 10.1 Å². The number of carbonyl (C=O) groups is 1. The smallest absolute Gasteiger partial charge is 0.251 e. The van der Waals surface area contributed by atoms with Crippen molar-refractivity contribution in [2.45, 2.75) is 19.6 Å². The van der Waals surface area contributed by atoms with E-state index in [1.807, 2.05) is 16.9 Å². The minimum absolute atomic E-state index is 0.143. The molecule has 1 N–H and O–H groups in total. The lowest BCUT2D eigenvalue weighted by atomic mass is 10.1. The van der Waals surface area contributed by atoms with Crippen molar-refractivity contribution >= 4 is 56.6 Å². The molecule has 0 bridgehead atoms. The summed E-state index contributed by atoms with van der Waals surface area (Å²) in [7, 11) is 0. The van der Waals surface area contributed by atoms with E-state index in [2.05, 4.69) is 26.3 Å². The molecule has 0 spiro atoms. The van der Waals surface area contributed by atoms with Crippen LogP contribution in [0.2, 0.25) is 15.1 Å². The maximum atomic E-state index is 12.4. The van der Waals surface area contributed by atoms with Crippen LogP contribution in [-0.2, 0) is 13.2 Å². The SMILES string of the molecule is O=C(NCCCn1cc(Br)cn1)c1cccc(COc2c(Cl)cc(Cl)cc2Cl)c1. The maximum Gasteiger partial charge on any atom is 0.251 e. The highest BCUT2D eigenvalue weighted by molar-refractivity contribution is 9.10. The van der Waals surface area contributed by atoms with Crippen molar-refractivity contribution in [3.8, 4) is 5.75 Å². The van der Waals surface area contributed by atoms with Gasteiger partial charge in [0.25, 0.3) is 5.91 Å². The van der Waals surface area contributed by atoms with Crippen LogP contribution in [0.5, 0.6) is 5.75 Å². The highest BCUT2D eigenvalue weighted by atomic mass is 79.9. The van der Waals surface area contributed by atoms with Gasteiger partial charge in [0, 0.05) is 29.9 Å². The molecule has 3 rings (SSSR count). The summed E-state index contributed by atoms with van der Waals surface area (Å²) >= 11 is 21.5. The van der Waals surface area contributed by atoms with Crippen LogP contribution in [0.1, 0.15) is 22.3 Å². The third-order valence-electron chi connectivity index (χ3n) is 3.99. The normalized spacial score (nSPS) is 10.8. The van der Waals surface area contributed by atoms with Crippen LogP contribution in [-0.4, -0.2) is 22.2 Å². The van der Waals surface area contributed by atoms with E-state index in [1.54, 1.807) is 36.5 Å². The molecule has 2 aromatic carbocycles. The Morgan fingerprint density at radius 3 is 2.62 bits per heavy atom. The molecule has 0 radical (unpaired) electrons. The number of ether oxygens (including phenoxy) is 1. The van der Waals surface area contributed by atoms with Crippen LogP contribution in [0.25, 0.3) is 0 Å². The van der Waals surface area contributed by atoms with E-state index in [9.17, 15) is 4.79 Å². The molecule has 0 aliphatic rings. The third kappa shape index (κ3) is 6.37. The number of nitrogens with zero attached hydrogens (tertiary/aromatic N) is 2. The summed E-state index contributed by atoms with van der Waals surface area (Å²) in [6.45, 7) is 1.49. The first-order chi connectivity index (χ1) is 13.9. The standard InChI is InChI=1S/C20H17BrCl3N3O2/c21-15-10-26-27(11-15)6-2-5-25-20(28)14-4-1-3-13(7-14)12-29-19-17(23)8-16(22)9-18(19)24/h1,3-4,7-11H,2,5-6,12H2,(H,25,28). The van der Waals surface area contributed by atoms with E-state index < -0.39 is 0 Å². The molecule has 1 aromatic heterocycles. The largest absolute Gasteiger partial charge is 0.486 e. The predicted octanol–water partition coefficient (Wildman–Crippen LogP) is 6.00. The molecule has 0 aliphatic heterocycles. The Balaban J connectivity index is 1.52. The summed E-state index contributed by atoms with van der Waals surface area (Å²) in [5.74, 6) is 0.217. The first-order valence-corrected chi connectivity index (χ1v) is 10.7. The fraction of sp³-hybridized carbons (Fsp3) is 0.200. The van der Waals surface area contributed by atoms with Gasteiger partial charge in [0.1, 0.15) is 6.61 Å². The van der Waals surface area contributed by atoms with Crippen molar-refractivity contribution < 1.29 is 9.53 Å². The van der Waals surface area contributed by atoms with Crippen LogP contribution >= 0.6 is 50.7 Å². The number of hydrogen-bond donors (Lipinski definition) is 1. The summed E-state index contributed by atoms with van der Waals surface area (Å²) in [4.78, 5) is 12.4. The van der Waals surface area contributed by atoms with Crippen LogP contribution in [0.4, 0.5) is 0 Å². The lowest BCUT2D eigenvalue weighted by molar-refractivity contribution is 0.0952. The molecule has 0 atom stereocenters. The molecule has 0 fully saturated rings. The predicted molar refractivity (Wildman–Crippen MR) is 119 cm³/mol. The minimum Gasteiger partial charge on any atom is -0.486 e. The number of rotatable bonds is 8. The molecule has 0 unspecified atom stereocenters. The van der Waals surface area contributed by atoms with Crippen LogP contribution in [0, 0.1) is 0 Å². The molecule has 152 valence electrons. The Hall–Kier alpha value is -1.73. The summed E-state index contributed by atoms with van der Waals surface area (Å²) < 4.78 is 8.48. The van der Waals surface area contributed by atoms with Gasteiger partial charge in [0.15, 0.2) is 5.75 Å². The Labute approximate surface area is 192 Å². The summed E-state index contributed by atoms with van der Waals surface area (Å²) in [5.41, 5.74) is 1.38. The van der Waals surface area contributed by atoms with E-state index in [-0.39, 0.29) is 12.5 Å². The molecule has 1 heterocycles. The number of halogens is 4. The van der Waals surface area contributed by atoms with Gasteiger partial charge in [-0.3, -0.25) is 9.48 Å². The number of aryl methyl sites for hydroxylation is 1. The molecule has 1 amide bonds. The Bertz CT molecular complexity index is 987. The van der Waals surface area contributed by atoms with Gasteiger partial charge in [-0.2, -0.15) is 5.10 Å². The van der Waals surface area contributed by atoms with Crippen molar-refractivity contribution in [2.75, 3.05) is 6.54 Å². The third-order valence-corrected chi connectivity index (χ3v) is 5.18. The second-order valence-corrected chi connectivity index (χ2v) is 8.39.